The minimum Gasteiger partial charge on any atom is -0.485 e. The lowest BCUT2D eigenvalue weighted by Crippen LogP contribution is -2.12. The van der Waals surface area contributed by atoms with Crippen LogP contribution in [-0.2, 0) is 11.2 Å². The molecule has 0 aliphatic rings. The number of carbonyl (C=O) groups is 2. The molecule has 1 heterocycles. The molecule has 1 aromatic heterocycles. The molecule has 3 rings (SSSR count). The van der Waals surface area contributed by atoms with Crippen molar-refractivity contribution in [3.63, 3.8) is 0 Å². The highest BCUT2D eigenvalue weighted by Gasteiger charge is 2.17. The van der Waals surface area contributed by atoms with E-state index in [9.17, 15) is 9.59 Å². The third kappa shape index (κ3) is 4.58. The van der Waals surface area contributed by atoms with Gasteiger partial charge in [0.15, 0.2) is 6.61 Å². The average Bonchev–Trinajstić information content (AvgIpc) is 3.00. The molecule has 0 saturated heterocycles. The van der Waals surface area contributed by atoms with E-state index >= 15 is 0 Å². The molecule has 28 heavy (non-hydrogen) atoms. The summed E-state index contributed by atoms with van der Waals surface area (Å²) < 4.78 is 7.77. The van der Waals surface area contributed by atoms with Crippen LogP contribution in [0.15, 0.2) is 60.7 Å². The largest absolute Gasteiger partial charge is 0.485 e. The molecule has 0 unspecified atom stereocenters. The Balaban J connectivity index is 1.66. The first-order chi connectivity index (χ1) is 13.5. The van der Waals surface area contributed by atoms with Crippen LogP contribution >= 0.6 is 0 Å². The van der Waals surface area contributed by atoms with E-state index < -0.39 is 0 Å². The van der Waals surface area contributed by atoms with Crippen molar-refractivity contribution in [1.82, 2.24) is 4.57 Å². The third-order valence-electron chi connectivity index (χ3n) is 4.80. The number of Topliss-reactive ketones (excluding diaryl/α,β-unsaturated/α-hetero) is 2. The lowest BCUT2D eigenvalue weighted by Gasteiger charge is -2.10. The Morgan fingerprint density at radius 1 is 0.964 bits per heavy atom. The normalized spacial score (nSPS) is 10.7. The summed E-state index contributed by atoms with van der Waals surface area (Å²) >= 11 is 0. The molecule has 0 spiro atoms. The van der Waals surface area contributed by atoms with Gasteiger partial charge in [-0.05, 0) is 63.1 Å². The molecule has 4 nitrogen and oxygen atoms in total. The third-order valence-corrected chi connectivity index (χ3v) is 4.80. The molecule has 0 aliphatic heterocycles. The molecule has 4 heteroatoms. The maximum Gasteiger partial charge on any atom is 0.202 e. The molecule has 0 aliphatic carbocycles. The first kappa shape index (κ1) is 19.6. The van der Waals surface area contributed by atoms with E-state index in [-0.39, 0.29) is 18.2 Å². The Kier molecular flexibility index (Phi) is 6.09. The van der Waals surface area contributed by atoms with Crippen molar-refractivity contribution in [1.29, 1.82) is 0 Å². The Labute approximate surface area is 165 Å². The van der Waals surface area contributed by atoms with E-state index in [2.05, 4.69) is 4.57 Å². The van der Waals surface area contributed by atoms with E-state index in [0.29, 0.717) is 17.7 Å². The van der Waals surface area contributed by atoms with Gasteiger partial charge in [0, 0.05) is 29.1 Å². The van der Waals surface area contributed by atoms with Crippen molar-refractivity contribution >= 4 is 11.6 Å². The van der Waals surface area contributed by atoms with Gasteiger partial charge in [-0.25, -0.2) is 0 Å². The number of ketones is 2. The lowest BCUT2D eigenvalue weighted by molar-refractivity contribution is -0.116. The van der Waals surface area contributed by atoms with Gasteiger partial charge in [-0.3, -0.25) is 4.79 Å². The van der Waals surface area contributed by atoms with Crippen LogP contribution in [0.1, 0.15) is 40.7 Å². The highest BCUT2D eigenvalue weighted by Crippen LogP contribution is 2.21. The number of aryl methyl sites for hydroxylation is 2. The first-order valence-corrected chi connectivity index (χ1v) is 9.44. The summed E-state index contributed by atoms with van der Waals surface area (Å²) in [4.78, 5) is 23.8. The predicted octanol–water partition coefficient (Wildman–Crippen LogP) is 4.88. The summed E-state index contributed by atoms with van der Waals surface area (Å²) in [6, 6.07) is 19.5. The Morgan fingerprint density at radius 2 is 1.64 bits per heavy atom. The van der Waals surface area contributed by atoms with Crippen molar-refractivity contribution in [2.24, 2.45) is 0 Å². The highest BCUT2D eigenvalue weighted by atomic mass is 16.5. The first-order valence-electron chi connectivity index (χ1n) is 9.44. The van der Waals surface area contributed by atoms with E-state index in [1.807, 2.05) is 74.5 Å². The van der Waals surface area contributed by atoms with Gasteiger partial charge in [-0.2, -0.15) is 0 Å². The molecule has 3 aromatic rings. The van der Waals surface area contributed by atoms with Gasteiger partial charge >= 0.3 is 0 Å². The van der Waals surface area contributed by atoms with E-state index in [0.717, 1.165) is 29.1 Å². The number of ether oxygens (including phenoxy) is 1. The summed E-state index contributed by atoms with van der Waals surface area (Å²) in [6.07, 6.45) is 1.26. The molecule has 0 fully saturated rings. The van der Waals surface area contributed by atoms with Crippen molar-refractivity contribution in [3.05, 3.63) is 83.2 Å². The number of hydrogen-bond acceptors (Lipinski definition) is 3. The molecule has 0 radical (unpaired) electrons. The molecule has 0 amide bonds. The Hall–Kier alpha value is -3.14. The van der Waals surface area contributed by atoms with E-state index in [1.165, 1.54) is 0 Å². The number of carbonyl (C=O) groups excluding carboxylic acids is 2. The number of nitrogens with zero attached hydrogens (tertiary/aromatic N) is 1. The zero-order chi connectivity index (χ0) is 20.1. The van der Waals surface area contributed by atoms with Crippen LogP contribution in [-0.4, -0.2) is 22.7 Å². The Morgan fingerprint density at radius 3 is 2.29 bits per heavy atom. The fraction of sp³-hybridized carbons (Fsp3) is 0.250. The zero-order valence-electron chi connectivity index (χ0n) is 16.6. The quantitative estimate of drug-likeness (QED) is 0.527. The van der Waals surface area contributed by atoms with E-state index in [4.69, 9.17) is 4.74 Å². The maximum atomic E-state index is 12.7. The van der Waals surface area contributed by atoms with Gasteiger partial charge in [0.2, 0.25) is 5.78 Å². The summed E-state index contributed by atoms with van der Waals surface area (Å²) in [5.74, 6) is 0.784. The van der Waals surface area contributed by atoms with Crippen LogP contribution in [0.3, 0.4) is 0 Å². The monoisotopic (exact) mass is 375 g/mol. The second-order valence-electron chi connectivity index (χ2n) is 7.01. The fourth-order valence-electron chi connectivity index (χ4n) is 3.32. The topological polar surface area (TPSA) is 48.3 Å². The number of hydrogen-bond donors (Lipinski definition) is 0. The van der Waals surface area contributed by atoms with Gasteiger partial charge < -0.3 is 14.1 Å². The standard InChI is InChI=1S/C24H25NO3/c1-17-15-23(19(3)25(17)21-7-5-4-6-8-21)24(27)16-28-22-13-11-20(12-14-22)10-9-18(2)26/h4-8,11-15H,9-10,16H2,1-3H3. The summed E-state index contributed by atoms with van der Waals surface area (Å²) in [5.41, 5.74) is 4.73. The minimum absolute atomic E-state index is 0.00806. The molecule has 0 atom stereocenters. The van der Waals surface area contributed by atoms with Crippen LogP contribution in [0.25, 0.3) is 5.69 Å². The van der Waals surface area contributed by atoms with Gasteiger partial charge in [0.05, 0.1) is 0 Å². The summed E-state index contributed by atoms with van der Waals surface area (Å²) in [5, 5.41) is 0. The van der Waals surface area contributed by atoms with Crippen molar-refractivity contribution in [2.45, 2.75) is 33.6 Å². The molecular weight excluding hydrogens is 350 g/mol. The minimum atomic E-state index is -0.0454. The van der Waals surface area contributed by atoms with Crippen molar-refractivity contribution < 1.29 is 14.3 Å². The van der Waals surface area contributed by atoms with Gasteiger partial charge in [-0.15, -0.1) is 0 Å². The number of benzene rings is 2. The second kappa shape index (κ2) is 8.70. The van der Waals surface area contributed by atoms with Crippen LogP contribution in [0.2, 0.25) is 0 Å². The highest BCUT2D eigenvalue weighted by molar-refractivity contribution is 5.98. The molecule has 0 bridgehead atoms. The molecule has 2 aromatic carbocycles. The predicted molar refractivity (Wildman–Crippen MR) is 111 cm³/mol. The van der Waals surface area contributed by atoms with Gasteiger partial charge in [0.1, 0.15) is 11.5 Å². The van der Waals surface area contributed by atoms with Crippen molar-refractivity contribution in [2.75, 3.05) is 6.61 Å². The number of para-hydroxylation sites is 1. The molecule has 144 valence electrons. The van der Waals surface area contributed by atoms with Crippen LogP contribution < -0.4 is 4.74 Å². The summed E-state index contributed by atoms with van der Waals surface area (Å²) in [7, 11) is 0. The van der Waals surface area contributed by atoms with Crippen LogP contribution in [0, 0.1) is 13.8 Å². The summed E-state index contributed by atoms with van der Waals surface area (Å²) in [6.45, 7) is 5.54. The number of rotatable bonds is 8. The average molecular weight is 375 g/mol. The van der Waals surface area contributed by atoms with E-state index in [1.54, 1.807) is 6.92 Å². The van der Waals surface area contributed by atoms with Crippen LogP contribution in [0.5, 0.6) is 5.75 Å². The number of aromatic nitrogens is 1. The lowest BCUT2D eigenvalue weighted by atomic mass is 10.1. The molecule has 0 saturated carbocycles. The maximum absolute atomic E-state index is 12.7. The SMILES string of the molecule is CC(=O)CCc1ccc(OCC(=O)c2cc(C)n(-c3ccccc3)c2C)cc1. The molecular formula is C24H25NO3. The van der Waals surface area contributed by atoms with Crippen LogP contribution in [0.4, 0.5) is 0 Å². The fourth-order valence-corrected chi connectivity index (χ4v) is 3.32. The molecule has 0 N–H and O–H groups in total. The second-order valence-corrected chi connectivity index (χ2v) is 7.01. The van der Waals surface area contributed by atoms with Gasteiger partial charge in [-0.1, -0.05) is 30.3 Å². The Bertz CT molecular complexity index is 969. The smallest absolute Gasteiger partial charge is 0.202 e. The van der Waals surface area contributed by atoms with Crippen molar-refractivity contribution in [3.8, 4) is 11.4 Å². The zero-order valence-corrected chi connectivity index (χ0v) is 16.6. The van der Waals surface area contributed by atoms with Gasteiger partial charge in [0.25, 0.3) is 0 Å².